The molecule has 0 radical (unpaired) electrons. The van der Waals surface area contributed by atoms with Gasteiger partial charge in [-0.05, 0) is 24.9 Å². The van der Waals surface area contributed by atoms with Crippen LogP contribution in [0.25, 0.3) is 0 Å². The molecule has 0 fully saturated rings. The van der Waals surface area contributed by atoms with Gasteiger partial charge in [0, 0.05) is 0 Å². The highest BCUT2D eigenvalue weighted by atomic mass is 35.5. The van der Waals surface area contributed by atoms with Gasteiger partial charge in [0.15, 0.2) is 5.00 Å². The zero-order chi connectivity index (χ0) is 7.33. The first-order chi connectivity index (χ1) is 4.12. The maximum absolute atomic E-state index is 9.95. The van der Waals surface area contributed by atoms with Gasteiger partial charge in [-0.25, -0.2) is 0 Å². The first-order valence-electron chi connectivity index (χ1n) is 3.16. The molecule has 1 atom stereocenters. The van der Waals surface area contributed by atoms with Crippen molar-refractivity contribution in [2.75, 3.05) is 0 Å². The molecule has 0 aliphatic rings. The van der Waals surface area contributed by atoms with Crippen molar-refractivity contribution in [1.29, 1.82) is 0 Å². The molecule has 0 saturated carbocycles. The van der Waals surface area contributed by atoms with Crippen molar-refractivity contribution in [3.63, 3.8) is 0 Å². The molecule has 0 amide bonds. The zero-order valence-corrected chi connectivity index (χ0v) is 6.61. The minimum absolute atomic E-state index is 0.675. The quantitative estimate of drug-likeness (QED) is 0.343. The van der Waals surface area contributed by atoms with Gasteiger partial charge in [-0.3, -0.25) is 0 Å². The van der Waals surface area contributed by atoms with Gasteiger partial charge in [0.25, 0.3) is 0 Å². The fourth-order valence-electron chi connectivity index (χ4n) is 0.545. The summed E-state index contributed by atoms with van der Waals surface area (Å²) in [6, 6.07) is 0. The second-order valence-corrected chi connectivity index (χ2v) is 3.15. The molecule has 0 rings (SSSR count). The summed E-state index contributed by atoms with van der Waals surface area (Å²) in [6.07, 6.45) is 2.69. The van der Waals surface area contributed by atoms with Crippen LogP contribution in [-0.4, -0.2) is 5.00 Å². The lowest BCUT2D eigenvalue weighted by atomic mass is 10.1. The molecule has 0 saturated heterocycles. The Labute approximate surface area is 60.6 Å². The number of unbranched alkanes of at least 4 members (excludes halogenated alkanes) is 1. The molecule has 9 heavy (non-hydrogen) atoms. The van der Waals surface area contributed by atoms with Crippen molar-refractivity contribution >= 4 is 11.6 Å². The summed E-state index contributed by atoms with van der Waals surface area (Å²) in [6.45, 7) is 3.69. The third kappa shape index (κ3) is 4.40. The van der Waals surface area contributed by atoms with E-state index in [4.69, 9.17) is 11.6 Å². The van der Waals surface area contributed by atoms with Gasteiger partial charge >= 0.3 is 0 Å². The average molecular weight is 150 g/mol. The summed E-state index contributed by atoms with van der Waals surface area (Å²) in [5.74, 6) is 0. The Balaban J connectivity index is 3.45. The Bertz CT molecular complexity index is 93.1. The van der Waals surface area contributed by atoms with E-state index in [0.29, 0.717) is 6.42 Å². The monoisotopic (exact) mass is 149 g/mol. The Morgan fingerprint density at radius 2 is 2.22 bits per heavy atom. The maximum Gasteiger partial charge on any atom is 0.172 e. The van der Waals surface area contributed by atoms with E-state index < -0.39 is 5.00 Å². The molecule has 0 bridgehead atoms. The van der Waals surface area contributed by atoms with E-state index in [-0.39, 0.29) is 0 Å². The van der Waals surface area contributed by atoms with Crippen LogP contribution in [0.1, 0.15) is 33.1 Å². The maximum atomic E-state index is 9.95. The van der Waals surface area contributed by atoms with E-state index in [2.05, 4.69) is 12.1 Å². The standard InChI is InChI=1S/C6H12ClNO/c1-3-4-5-6(2,7)8-9/h3-5H2,1-2H3. The van der Waals surface area contributed by atoms with Crippen LogP contribution >= 0.6 is 11.6 Å². The Kier molecular flexibility index (Phi) is 3.78. The van der Waals surface area contributed by atoms with Crippen molar-refractivity contribution in [2.24, 2.45) is 5.18 Å². The number of hydrogen-bond acceptors (Lipinski definition) is 2. The van der Waals surface area contributed by atoms with Crippen molar-refractivity contribution in [1.82, 2.24) is 0 Å². The summed E-state index contributed by atoms with van der Waals surface area (Å²) in [5.41, 5.74) is 0. The van der Waals surface area contributed by atoms with Gasteiger partial charge < -0.3 is 0 Å². The molecule has 1 unspecified atom stereocenters. The third-order valence-electron chi connectivity index (χ3n) is 1.18. The zero-order valence-electron chi connectivity index (χ0n) is 5.85. The second kappa shape index (κ2) is 3.83. The predicted molar refractivity (Wildman–Crippen MR) is 39.6 cm³/mol. The Morgan fingerprint density at radius 1 is 1.67 bits per heavy atom. The summed E-state index contributed by atoms with van der Waals surface area (Å²) in [5, 5.41) is 2.77. The van der Waals surface area contributed by atoms with Gasteiger partial charge in [-0.2, -0.15) is 0 Å². The van der Waals surface area contributed by atoms with Crippen LogP contribution in [-0.2, 0) is 0 Å². The number of alkyl halides is 1. The van der Waals surface area contributed by atoms with Crippen LogP contribution in [0.2, 0.25) is 0 Å². The molecule has 0 aromatic rings. The van der Waals surface area contributed by atoms with E-state index >= 15 is 0 Å². The molecule has 0 aromatic carbocycles. The Morgan fingerprint density at radius 3 is 2.56 bits per heavy atom. The van der Waals surface area contributed by atoms with Crippen LogP contribution in [0.15, 0.2) is 5.18 Å². The van der Waals surface area contributed by atoms with Crippen LogP contribution in [0.4, 0.5) is 0 Å². The summed E-state index contributed by atoms with van der Waals surface area (Å²) >= 11 is 5.62. The van der Waals surface area contributed by atoms with E-state index in [1.165, 1.54) is 0 Å². The fraction of sp³-hybridized carbons (Fsp3) is 1.00. The number of nitrogens with zero attached hydrogens (tertiary/aromatic N) is 1. The topological polar surface area (TPSA) is 29.4 Å². The average Bonchev–Trinajstić information content (AvgIpc) is 1.84. The van der Waals surface area contributed by atoms with Crippen LogP contribution in [0, 0.1) is 4.91 Å². The number of nitroso groups, excluding NO2 is 1. The molecular weight excluding hydrogens is 138 g/mol. The lowest BCUT2D eigenvalue weighted by Crippen LogP contribution is -2.10. The Hall–Kier alpha value is -0.110. The van der Waals surface area contributed by atoms with Gasteiger partial charge in [0.1, 0.15) is 0 Å². The highest BCUT2D eigenvalue weighted by Gasteiger charge is 2.19. The van der Waals surface area contributed by atoms with Crippen LogP contribution in [0.3, 0.4) is 0 Å². The molecule has 3 heteroatoms. The van der Waals surface area contributed by atoms with Crippen LogP contribution < -0.4 is 0 Å². The summed E-state index contributed by atoms with van der Waals surface area (Å²) < 4.78 is 0. The third-order valence-corrected chi connectivity index (χ3v) is 1.43. The molecule has 2 nitrogen and oxygen atoms in total. The van der Waals surface area contributed by atoms with E-state index in [9.17, 15) is 4.91 Å². The smallest absolute Gasteiger partial charge is 0.149 e. The number of rotatable bonds is 4. The predicted octanol–water partition coefficient (Wildman–Crippen LogP) is 2.90. The lowest BCUT2D eigenvalue weighted by molar-refractivity contribution is 0.560. The molecule has 0 aromatic heterocycles. The van der Waals surface area contributed by atoms with Gasteiger partial charge in [0.2, 0.25) is 0 Å². The van der Waals surface area contributed by atoms with Gasteiger partial charge in [-0.1, -0.05) is 24.9 Å². The highest BCUT2D eigenvalue weighted by molar-refractivity contribution is 6.23. The van der Waals surface area contributed by atoms with Crippen molar-refractivity contribution in [3.8, 4) is 0 Å². The largest absolute Gasteiger partial charge is 0.172 e. The van der Waals surface area contributed by atoms with Crippen molar-refractivity contribution < 1.29 is 0 Å². The number of halogens is 1. The van der Waals surface area contributed by atoms with E-state index in [0.717, 1.165) is 12.8 Å². The van der Waals surface area contributed by atoms with Crippen LogP contribution in [0.5, 0.6) is 0 Å². The van der Waals surface area contributed by atoms with E-state index in [1.807, 2.05) is 0 Å². The molecule has 0 aliphatic heterocycles. The summed E-state index contributed by atoms with van der Waals surface area (Å²) in [7, 11) is 0. The molecule has 0 heterocycles. The first kappa shape index (κ1) is 8.89. The SMILES string of the molecule is CCCCC(C)(Cl)N=O. The summed E-state index contributed by atoms with van der Waals surface area (Å²) in [4.78, 5) is 9.09. The van der Waals surface area contributed by atoms with E-state index in [1.54, 1.807) is 6.92 Å². The molecule has 54 valence electrons. The van der Waals surface area contributed by atoms with Crippen molar-refractivity contribution in [2.45, 2.75) is 38.1 Å². The minimum atomic E-state index is -0.865. The molecular formula is C6H12ClNO. The van der Waals surface area contributed by atoms with Gasteiger partial charge in [0.05, 0.1) is 0 Å². The lowest BCUT2D eigenvalue weighted by Gasteiger charge is -2.09. The van der Waals surface area contributed by atoms with Gasteiger partial charge in [-0.15, -0.1) is 4.91 Å². The minimum Gasteiger partial charge on any atom is -0.149 e. The second-order valence-electron chi connectivity index (χ2n) is 2.34. The normalized spacial score (nSPS) is 16.8. The highest BCUT2D eigenvalue weighted by Crippen LogP contribution is 2.22. The molecule has 0 spiro atoms. The molecule has 0 N–H and O–H groups in total. The first-order valence-corrected chi connectivity index (χ1v) is 3.53. The van der Waals surface area contributed by atoms with Crippen molar-refractivity contribution in [3.05, 3.63) is 4.91 Å². The number of hydrogen-bond donors (Lipinski definition) is 0. The fourth-order valence-corrected chi connectivity index (χ4v) is 0.679. The molecule has 0 aliphatic carbocycles.